The van der Waals surface area contributed by atoms with E-state index in [0.717, 1.165) is 33.6 Å². The van der Waals surface area contributed by atoms with Crippen LogP contribution < -0.4 is 10.1 Å². The topological polar surface area (TPSA) is 95.1 Å². The van der Waals surface area contributed by atoms with Crippen molar-refractivity contribution in [1.29, 1.82) is 0 Å². The van der Waals surface area contributed by atoms with Crippen molar-refractivity contribution in [2.75, 3.05) is 5.32 Å². The first-order valence-electron chi connectivity index (χ1n) is 10.9. The lowest BCUT2D eigenvalue weighted by atomic mass is 10.1. The molecule has 0 saturated heterocycles. The summed E-state index contributed by atoms with van der Waals surface area (Å²) in [5.74, 6) is 1.89. The number of carbonyl (C=O) groups is 1. The average Bonchev–Trinajstić information content (AvgIpc) is 3.43. The molecule has 0 bridgehead atoms. The Labute approximate surface area is 196 Å². The molecule has 0 aliphatic carbocycles. The summed E-state index contributed by atoms with van der Waals surface area (Å²) in [5.41, 5.74) is 2.35. The van der Waals surface area contributed by atoms with Crippen LogP contribution in [0.25, 0.3) is 16.7 Å². The molecule has 0 radical (unpaired) electrons. The largest absolute Gasteiger partial charge is 0.486 e. The highest BCUT2D eigenvalue weighted by Crippen LogP contribution is 2.22. The van der Waals surface area contributed by atoms with Crippen molar-refractivity contribution >= 4 is 22.5 Å². The van der Waals surface area contributed by atoms with Crippen molar-refractivity contribution in [3.63, 3.8) is 0 Å². The van der Waals surface area contributed by atoms with Crippen molar-refractivity contribution in [1.82, 2.24) is 19.7 Å². The molecule has 0 spiro atoms. The van der Waals surface area contributed by atoms with Gasteiger partial charge in [-0.05, 0) is 61.9 Å². The Kier molecular flexibility index (Phi) is 5.55. The van der Waals surface area contributed by atoms with Gasteiger partial charge >= 0.3 is 0 Å². The minimum atomic E-state index is -0.400. The Morgan fingerprint density at radius 3 is 2.47 bits per heavy atom. The summed E-state index contributed by atoms with van der Waals surface area (Å²) < 4.78 is 13.1. The second-order valence-electron chi connectivity index (χ2n) is 8.05. The van der Waals surface area contributed by atoms with E-state index in [9.17, 15) is 4.79 Å². The third-order valence-electron chi connectivity index (χ3n) is 5.22. The molecule has 5 aromatic rings. The monoisotopic (exact) mass is 453 g/mol. The van der Waals surface area contributed by atoms with Gasteiger partial charge in [0.1, 0.15) is 23.9 Å². The van der Waals surface area contributed by atoms with Crippen LogP contribution in [0, 0.1) is 20.8 Å². The molecule has 5 rings (SSSR count). The van der Waals surface area contributed by atoms with Crippen LogP contribution >= 0.6 is 0 Å². The van der Waals surface area contributed by atoms with Crippen LogP contribution in [0.2, 0.25) is 0 Å². The summed E-state index contributed by atoms with van der Waals surface area (Å²) in [5, 5.41) is 9.51. The van der Waals surface area contributed by atoms with Gasteiger partial charge in [0.05, 0.1) is 5.69 Å². The number of carbonyl (C=O) groups excluding carboxylic acids is 1. The van der Waals surface area contributed by atoms with Crippen LogP contribution in [0.1, 0.15) is 33.4 Å². The summed E-state index contributed by atoms with van der Waals surface area (Å²) in [7, 11) is 0. The summed E-state index contributed by atoms with van der Waals surface area (Å²) in [6.45, 7) is 5.82. The number of amides is 1. The number of benzene rings is 2. The second kappa shape index (κ2) is 8.82. The molecule has 0 saturated carbocycles. The van der Waals surface area contributed by atoms with Gasteiger partial charge in [-0.1, -0.05) is 30.3 Å². The molecular formula is C26H23N5O3. The lowest BCUT2D eigenvalue weighted by molar-refractivity contribution is 0.0992. The molecule has 0 fully saturated rings. The fraction of sp³-hybridized carbons (Fsp3) is 0.154. The van der Waals surface area contributed by atoms with Gasteiger partial charge in [0.15, 0.2) is 5.76 Å². The summed E-state index contributed by atoms with van der Waals surface area (Å²) in [6, 6.07) is 21.0. The zero-order valence-electron chi connectivity index (χ0n) is 19.1. The fourth-order valence-corrected chi connectivity index (χ4v) is 3.71. The van der Waals surface area contributed by atoms with Gasteiger partial charge in [0.25, 0.3) is 11.9 Å². The molecule has 3 heterocycles. The van der Waals surface area contributed by atoms with Crippen LogP contribution in [-0.2, 0) is 6.61 Å². The van der Waals surface area contributed by atoms with Gasteiger partial charge in [-0.3, -0.25) is 4.79 Å². The maximum atomic E-state index is 12.8. The number of ether oxygens (including phenoxy) is 1. The highest BCUT2D eigenvalue weighted by atomic mass is 16.5. The molecule has 34 heavy (non-hydrogen) atoms. The third-order valence-corrected chi connectivity index (χ3v) is 5.22. The quantitative estimate of drug-likeness (QED) is 0.381. The fourth-order valence-electron chi connectivity index (χ4n) is 3.71. The maximum Gasteiger partial charge on any atom is 0.292 e. The van der Waals surface area contributed by atoms with Crippen LogP contribution in [0.5, 0.6) is 5.75 Å². The second-order valence-corrected chi connectivity index (χ2v) is 8.05. The number of rotatable bonds is 6. The number of anilines is 1. The lowest BCUT2D eigenvalue weighted by Crippen LogP contribution is -2.16. The number of aryl methyl sites for hydroxylation is 3. The predicted molar refractivity (Wildman–Crippen MR) is 128 cm³/mol. The zero-order chi connectivity index (χ0) is 23.7. The average molecular weight is 454 g/mol. The van der Waals surface area contributed by atoms with E-state index in [1.54, 1.807) is 18.2 Å². The molecule has 3 aromatic heterocycles. The van der Waals surface area contributed by atoms with Gasteiger partial charge in [-0.25, -0.2) is 9.97 Å². The van der Waals surface area contributed by atoms with E-state index in [1.165, 1.54) is 4.68 Å². The molecule has 2 aromatic carbocycles. The minimum absolute atomic E-state index is 0.170. The van der Waals surface area contributed by atoms with Gasteiger partial charge in [-0.2, -0.15) is 9.78 Å². The first kappa shape index (κ1) is 21.4. The van der Waals surface area contributed by atoms with Crippen LogP contribution in [-0.4, -0.2) is 25.7 Å². The number of fused-ring (bicyclic) bond motifs is 1. The predicted octanol–water partition coefficient (Wildman–Crippen LogP) is 5.17. The molecule has 0 atom stereocenters. The van der Waals surface area contributed by atoms with Crippen LogP contribution in [0.3, 0.4) is 0 Å². The molecule has 1 N–H and O–H groups in total. The normalized spacial score (nSPS) is 11.0. The van der Waals surface area contributed by atoms with Gasteiger partial charge in [0.2, 0.25) is 0 Å². The van der Waals surface area contributed by atoms with Crippen molar-refractivity contribution < 1.29 is 13.9 Å². The zero-order valence-corrected chi connectivity index (χ0v) is 19.1. The van der Waals surface area contributed by atoms with E-state index in [4.69, 9.17) is 9.15 Å². The van der Waals surface area contributed by atoms with Gasteiger partial charge < -0.3 is 14.5 Å². The number of nitrogens with one attached hydrogen (secondary N) is 1. The van der Waals surface area contributed by atoms with E-state index in [0.29, 0.717) is 17.5 Å². The SMILES string of the molecule is Cc1cc(C)nc(-n2nc(C)cc2NC(=O)c2ccc(COc3ccc4ccccc4c3)o2)n1. The van der Waals surface area contributed by atoms with Gasteiger partial charge in [0, 0.05) is 17.5 Å². The van der Waals surface area contributed by atoms with Crippen molar-refractivity contribution in [2.45, 2.75) is 27.4 Å². The summed E-state index contributed by atoms with van der Waals surface area (Å²) in [4.78, 5) is 21.7. The van der Waals surface area contributed by atoms with E-state index in [1.807, 2.05) is 63.2 Å². The van der Waals surface area contributed by atoms with Crippen molar-refractivity contribution in [2.24, 2.45) is 0 Å². The number of hydrogen-bond acceptors (Lipinski definition) is 6. The summed E-state index contributed by atoms with van der Waals surface area (Å²) >= 11 is 0. The molecule has 0 unspecified atom stereocenters. The first-order valence-corrected chi connectivity index (χ1v) is 10.9. The van der Waals surface area contributed by atoms with E-state index < -0.39 is 5.91 Å². The molecule has 8 heteroatoms. The molecule has 8 nitrogen and oxygen atoms in total. The van der Waals surface area contributed by atoms with Crippen molar-refractivity contribution in [3.05, 3.63) is 95.3 Å². The lowest BCUT2D eigenvalue weighted by Gasteiger charge is -2.08. The number of hydrogen-bond donors (Lipinski definition) is 1. The van der Waals surface area contributed by atoms with E-state index >= 15 is 0 Å². The smallest absolute Gasteiger partial charge is 0.292 e. The number of nitrogens with zero attached hydrogens (tertiary/aromatic N) is 4. The van der Waals surface area contributed by atoms with Gasteiger partial charge in [-0.15, -0.1) is 0 Å². The summed E-state index contributed by atoms with van der Waals surface area (Å²) in [6.07, 6.45) is 0. The highest BCUT2D eigenvalue weighted by molar-refractivity contribution is 6.01. The van der Waals surface area contributed by atoms with E-state index in [2.05, 4.69) is 26.4 Å². The van der Waals surface area contributed by atoms with Crippen LogP contribution in [0.4, 0.5) is 5.82 Å². The van der Waals surface area contributed by atoms with Crippen molar-refractivity contribution in [3.8, 4) is 11.7 Å². The standard InChI is InChI=1S/C26H23N5O3/c1-16-12-17(2)28-26(27-16)31-24(13-18(3)30-31)29-25(32)23-11-10-22(34-23)15-33-21-9-8-19-6-4-5-7-20(19)14-21/h4-14H,15H2,1-3H3,(H,29,32). The number of aromatic nitrogens is 4. The Morgan fingerprint density at radius 1 is 0.912 bits per heavy atom. The highest BCUT2D eigenvalue weighted by Gasteiger charge is 2.17. The maximum absolute atomic E-state index is 12.8. The Morgan fingerprint density at radius 2 is 1.68 bits per heavy atom. The molecular weight excluding hydrogens is 430 g/mol. The minimum Gasteiger partial charge on any atom is -0.486 e. The Bertz CT molecular complexity index is 1480. The Balaban J connectivity index is 1.29. The molecule has 1 amide bonds. The third kappa shape index (κ3) is 4.52. The molecule has 170 valence electrons. The van der Waals surface area contributed by atoms with Crippen LogP contribution in [0.15, 0.2) is 71.1 Å². The Hall–Kier alpha value is -4.46. The number of furan rings is 1. The first-order chi connectivity index (χ1) is 16.4. The molecule has 0 aliphatic rings. The van der Waals surface area contributed by atoms with E-state index in [-0.39, 0.29) is 12.4 Å². The molecule has 0 aliphatic heterocycles.